The minimum atomic E-state index is -1.15. The van der Waals surface area contributed by atoms with Gasteiger partial charge in [-0.1, -0.05) is 34.1 Å². The zero-order valence-corrected chi connectivity index (χ0v) is 20.5. The molecule has 32 heavy (non-hydrogen) atoms. The van der Waals surface area contributed by atoms with Crippen molar-refractivity contribution >= 4 is 36.3 Å². The number of hydrogen-bond donors (Lipinski definition) is 7. The zero-order valence-electron chi connectivity index (χ0n) is 19.6. The first-order valence-electron chi connectivity index (χ1n) is 11.2. The molecule has 0 fully saturated rings. The van der Waals surface area contributed by atoms with E-state index < -0.39 is 47.9 Å². The lowest BCUT2D eigenvalue weighted by atomic mass is 9.97. The number of carboxylic acid groups (broad SMARTS) is 1. The smallest absolute Gasteiger partial charge is 0.326 e. The van der Waals surface area contributed by atoms with E-state index >= 15 is 0 Å². The second-order valence-corrected chi connectivity index (χ2v) is 8.90. The number of amides is 3. The first-order valence-corrected chi connectivity index (χ1v) is 11.8. The number of carbonyl (C=O) groups is 4. The number of carbonyl (C=O) groups excluding carboxylic acids is 3. The molecule has 10 nitrogen and oxygen atoms in total. The van der Waals surface area contributed by atoms with Crippen LogP contribution < -0.4 is 27.4 Å². The van der Waals surface area contributed by atoms with Gasteiger partial charge in [0.05, 0.1) is 6.04 Å². The molecule has 0 rings (SSSR count). The number of hydrogen-bond acceptors (Lipinski definition) is 7. The van der Waals surface area contributed by atoms with Crippen LogP contribution in [0.2, 0.25) is 0 Å². The van der Waals surface area contributed by atoms with Crippen molar-refractivity contribution in [3.05, 3.63) is 0 Å². The third-order valence-corrected chi connectivity index (χ3v) is 5.60. The number of rotatable bonds is 16. The number of thiol groups is 1. The van der Waals surface area contributed by atoms with Crippen molar-refractivity contribution in [3.63, 3.8) is 0 Å². The van der Waals surface area contributed by atoms with Crippen molar-refractivity contribution in [1.82, 2.24) is 16.0 Å². The molecule has 5 atom stereocenters. The van der Waals surface area contributed by atoms with Crippen LogP contribution in [0.1, 0.15) is 59.8 Å². The summed E-state index contributed by atoms with van der Waals surface area (Å²) in [6.07, 6.45) is 2.47. The Labute approximate surface area is 196 Å². The highest BCUT2D eigenvalue weighted by atomic mass is 32.1. The van der Waals surface area contributed by atoms with Gasteiger partial charge in [-0.15, -0.1) is 0 Å². The SMILES string of the molecule is CCC(C)C(NC(=O)C(CS)NC(=O)C(N)CC(C)C)C(=O)NC(CCCCN)C(=O)O. The normalized spacial score (nSPS) is 15.9. The molecule has 0 spiro atoms. The van der Waals surface area contributed by atoms with Crippen molar-refractivity contribution in [1.29, 1.82) is 0 Å². The van der Waals surface area contributed by atoms with E-state index in [9.17, 15) is 24.3 Å². The third kappa shape index (κ3) is 11.1. The summed E-state index contributed by atoms with van der Waals surface area (Å²) in [5, 5.41) is 17.2. The van der Waals surface area contributed by atoms with Gasteiger partial charge in [0, 0.05) is 5.75 Å². The Morgan fingerprint density at radius 2 is 1.53 bits per heavy atom. The van der Waals surface area contributed by atoms with E-state index in [2.05, 4.69) is 28.6 Å². The standard InChI is InChI=1S/C21H41N5O5S/c1-5-13(4)17(20(29)24-15(21(30)31)8-6-7-9-22)26-19(28)16(11-32)25-18(27)14(23)10-12(2)3/h12-17,32H,5-11,22-23H2,1-4H3,(H,24,29)(H,25,27)(H,26,28)(H,30,31). The Hall–Kier alpha value is -1.85. The van der Waals surface area contributed by atoms with Crippen molar-refractivity contribution in [2.75, 3.05) is 12.3 Å². The maximum Gasteiger partial charge on any atom is 0.326 e. The molecule has 0 radical (unpaired) electrons. The number of aliphatic carboxylic acids is 1. The van der Waals surface area contributed by atoms with Crippen LogP contribution in [0.5, 0.6) is 0 Å². The predicted octanol–water partition coefficient (Wildman–Crippen LogP) is 0.00370. The van der Waals surface area contributed by atoms with Gasteiger partial charge in [0.2, 0.25) is 17.7 Å². The van der Waals surface area contributed by atoms with Crippen LogP contribution in [0.4, 0.5) is 0 Å². The van der Waals surface area contributed by atoms with Crippen LogP contribution in [-0.2, 0) is 19.2 Å². The van der Waals surface area contributed by atoms with Gasteiger partial charge in [0.1, 0.15) is 18.1 Å². The average molecular weight is 476 g/mol. The molecule has 186 valence electrons. The van der Waals surface area contributed by atoms with Crippen molar-refractivity contribution in [2.45, 2.75) is 84.0 Å². The number of nitrogens with one attached hydrogen (secondary N) is 3. The second-order valence-electron chi connectivity index (χ2n) is 8.54. The first-order chi connectivity index (χ1) is 15.0. The Kier molecular flexibility index (Phi) is 15.0. The highest BCUT2D eigenvalue weighted by Gasteiger charge is 2.32. The van der Waals surface area contributed by atoms with E-state index in [-0.39, 0.29) is 24.0 Å². The number of carboxylic acids is 1. The van der Waals surface area contributed by atoms with Gasteiger partial charge in [-0.3, -0.25) is 14.4 Å². The Balaban J connectivity index is 5.25. The lowest BCUT2D eigenvalue weighted by Gasteiger charge is -2.27. The molecule has 0 aliphatic carbocycles. The van der Waals surface area contributed by atoms with Crippen LogP contribution >= 0.6 is 12.6 Å². The largest absolute Gasteiger partial charge is 0.480 e. The second kappa shape index (κ2) is 15.9. The number of unbranched alkanes of at least 4 members (excludes halogenated alkanes) is 1. The van der Waals surface area contributed by atoms with E-state index in [0.29, 0.717) is 32.2 Å². The Bertz CT molecular complexity index is 619. The summed E-state index contributed by atoms with van der Waals surface area (Å²) in [6.45, 7) is 7.94. The third-order valence-electron chi connectivity index (χ3n) is 5.23. The summed E-state index contributed by atoms with van der Waals surface area (Å²) in [7, 11) is 0. The van der Waals surface area contributed by atoms with Gasteiger partial charge in [0.15, 0.2) is 0 Å². The van der Waals surface area contributed by atoms with Crippen LogP contribution in [0.15, 0.2) is 0 Å². The highest BCUT2D eigenvalue weighted by molar-refractivity contribution is 7.80. The van der Waals surface area contributed by atoms with Gasteiger partial charge in [-0.05, 0) is 44.1 Å². The van der Waals surface area contributed by atoms with Crippen molar-refractivity contribution < 1.29 is 24.3 Å². The zero-order chi connectivity index (χ0) is 24.8. The van der Waals surface area contributed by atoms with E-state index in [1.54, 1.807) is 6.92 Å². The van der Waals surface area contributed by atoms with Gasteiger partial charge in [-0.25, -0.2) is 4.79 Å². The predicted molar refractivity (Wildman–Crippen MR) is 127 cm³/mol. The van der Waals surface area contributed by atoms with Crippen molar-refractivity contribution in [2.24, 2.45) is 23.3 Å². The van der Waals surface area contributed by atoms with Gasteiger partial charge in [-0.2, -0.15) is 12.6 Å². The molecule has 0 aromatic carbocycles. The summed E-state index contributed by atoms with van der Waals surface area (Å²) in [5.41, 5.74) is 11.3. The lowest BCUT2D eigenvalue weighted by Crippen LogP contribution is -2.59. The minimum Gasteiger partial charge on any atom is -0.480 e. The molecule has 0 heterocycles. The summed E-state index contributed by atoms with van der Waals surface area (Å²) in [5.74, 6) is -2.83. The molecule has 0 aromatic heterocycles. The monoisotopic (exact) mass is 475 g/mol. The van der Waals surface area contributed by atoms with E-state index in [0.717, 1.165) is 0 Å². The molecule has 11 heteroatoms. The molecule has 8 N–H and O–H groups in total. The summed E-state index contributed by atoms with van der Waals surface area (Å²) in [4.78, 5) is 49.5. The molecule has 0 saturated carbocycles. The molecule has 0 aliphatic rings. The summed E-state index contributed by atoms with van der Waals surface area (Å²) in [6, 6.07) is -3.79. The maximum absolute atomic E-state index is 12.8. The van der Waals surface area contributed by atoms with Crippen molar-refractivity contribution in [3.8, 4) is 0 Å². The fraction of sp³-hybridized carbons (Fsp3) is 0.810. The Morgan fingerprint density at radius 1 is 0.938 bits per heavy atom. The minimum absolute atomic E-state index is 0.0116. The van der Waals surface area contributed by atoms with Crippen LogP contribution in [-0.4, -0.2) is 65.3 Å². The van der Waals surface area contributed by atoms with Crippen LogP contribution in [0.25, 0.3) is 0 Å². The highest BCUT2D eigenvalue weighted by Crippen LogP contribution is 2.11. The van der Waals surface area contributed by atoms with Gasteiger partial charge in [0.25, 0.3) is 0 Å². The Morgan fingerprint density at radius 3 is 2.00 bits per heavy atom. The molecule has 0 aromatic rings. The first kappa shape index (κ1) is 30.1. The summed E-state index contributed by atoms with van der Waals surface area (Å²) >= 11 is 4.14. The topological polar surface area (TPSA) is 177 Å². The molecule has 0 aliphatic heterocycles. The van der Waals surface area contributed by atoms with Crippen LogP contribution in [0, 0.1) is 11.8 Å². The summed E-state index contributed by atoms with van der Waals surface area (Å²) < 4.78 is 0. The quantitative estimate of drug-likeness (QED) is 0.121. The molecule has 3 amide bonds. The average Bonchev–Trinajstić information content (AvgIpc) is 2.73. The van der Waals surface area contributed by atoms with E-state index in [4.69, 9.17) is 11.5 Å². The van der Waals surface area contributed by atoms with Crippen LogP contribution in [0.3, 0.4) is 0 Å². The number of nitrogens with two attached hydrogens (primary N) is 2. The maximum atomic E-state index is 12.8. The molecular formula is C21H41N5O5S. The van der Waals surface area contributed by atoms with Gasteiger partial charge >= 0.3 is 5.97 Å². The fourth-order valence-electron chi connectivity index (χ4n) is 3.06. The van der Waals surface area contributed by atoms with Gasteiger partial charge < -0.3 is 32.5 Å². The fourth-order valence-corrected chi connectivity index (χ4v) is 3.31. The molecule has 0 bridgehead atoms. The van der Waals surface area contributed by atoms with E-state index in [1.165, 1.54) is 0 Å². The molecule has 5 unspecified atom stereocenters. The molecular weight excluding hydrogens is 434 g/mol. The van der Waals surface area contributed by atoms with E-state index in [1.807, 2.05) is 20.8 Å². The molecule has 0 saturated heterocycles. The lowest BCUT2D eigenvalue weighted by molar-refractivity contribution is -0.142.